The van der Waals surface area contributed by atoms with Gasteiger partial charge in [0.2, 0.25) is 0 Å². The van der Waals surface area contributed by atoms with Gasteiger partial charge in [-0.2, -0.15) is 0 Å². The standard InChI is InChI=1S/C23H26ClN3O4/c1-16(2)31-23(29)14-27-20-7-4-3-6-19(20)26-21(27)8-5-13-25-22(28)15-30-18-11-9-17(24)10-12-18/h3-4,6-7,9-12,16H,5,8,13-15H2,1-2H3,(H,25,28). The van der Waals surface area contributed by atoms with Gasteiger partial charge in [-0.3, -0.25) is 9.59 Å². The van der Waals surface area contributed by atoms with E-state index in [2.05, 4.69) is 10.3 Å². The Labute approximate surface area is 186 Å². The molecular formula is C23H26ClN3O4. The minimum absolute atomic E-state index is 0.0683. The van der Waals surface area contributed by atoms with Crippen molar-refractivity contribution in [1.82, 2.24) is 14.9 Å². The first-order valence-electron chi connectivity index (χ1n) is 10.2. The number of nitrogens with zero attached hydrogens (tertiary/aromatic N) is 2. The van der Waals surface area contributed by atoms with E-state index < -0.39 is 0 Å². The number of imidazole rings is 1. The molecular weight excluding hydrogens is 418 g/mol. The SMILES string of the molecule is CC(C)OC(=O)Cn1c(CCCNC(=O)COc2ccc(Cl)cc2)nc2ccccc21. The van der Waals surface area contributed by atoms with Crippen LogP contribution in [0.4, 0.5) is 0 Å². The van der Waals surface area contributed by atoms with Gasteiger partial charge in [-0.15, -0.1) is 0 Å². The van der Waals surface area contributed by atoms with Crippen molar-refractivity contribution in [3.63, 3.8) is 0 Å². The lowest BCUT2D eigenvalue weighted by Gasteiger charge is -2.12. The number of carbonyl (C=O) groups is 2. The minimum atomic E-state index is -0.299. The Morgan fingerprint density at radius 1 is 1.13 bits per heavy atom. The predicted molar refractivity (Wildman–Crippen MR) is 119 cm³/mol. The molecule has 0 radical (unpaired) electrons. The van der Waals surface area contributed by atoms with Crippen LogP contribution in [0.1, 0.15) is 26.1 Å². The molecule has 1 amide bonds. The fourth-order valence-electron chi connectivity index (χ4n) is 3.13. The van der Waals surface area contributed by atoms with Gasteiger partial charge in [-0.25, -0.2) is 4.98 Å². The number of aromatic nitrogens is 2. The van der Waals surface area contributed by atoms with Gasteiger partial charge in [0.1, 0.15) is 18.1 Å². The third-order valence-electron chi connectivity index (χ3n) is 4.47. The highest BCUT2D eigenvalue weighted by Crippen LogP contribution is 2.18. The number of aryl methyl sites for hydroxylation is 1. The van der Waals surface area contributed by atoms with E-state index in [0.717, 1.165) is 16.9 Å². The van der Waals surface area contributed by atoms with Gasteiger partial charge in [0, 0.05) is 18.0 Å². The molecule has 1 aromatic heterocycles. The molecule has 0 saturated heterocycles. The minimum Gasteiger partial charge on any atom is -0.484 e. The molecule has 0 aliphatic heterocycles. The number of halogens is 1. The van der Waals surface area contributed by atoms with Crippen LogP contribution >= 0.6 is 11.6 Å². The van der Waals surface area contributed by atoms with Gasteiger partial charge >= 0.3 is 5.97 Å². The normalized spacial score (nSPS) is 11.0. The van der Waals surface area contributed by atoms with Crippen molar-refractivity contribution in [3.8, 4) is 5.75 Å². The zero-order chi connectivity index (χ0) is 22.2. The number of hydrogen-bond acceptors (Lipinski definition) is 5. The third-order valence-corrected chi connectivity index (χ3v) is 4.72. The topological polar surface area (TPSA) is 82.5 Å². The molecule has 31 heavy (non-hydrogen) atoms. The van der Waals surface area contributed by atoms with Crippen LogP contribution in [0, 0.1) is 0 Å². The number of nitrogens with one attached hydrogen (secondary N) is 1. The van der Waals surface area contributed by atoms with Gasteiger partial charge in [0.15, 0.2) is 6.61 Å². The van der Waals surface area contributed by atoms with Gasteiger partial charge in [-0.05, 0) is 56.7 Å². The molecule has 0 fully saturated rings. The van der Waals surface area contributed by atoms with Crippen LogP contribution in [0.25, 0.3) is 11.0 Å². The maximum atomic E-state index is 12.2. The second-order valence-corrected chi connectivity index (χ2v) is 7.77. The van der Waals surface area contributed by atoms with Gasteiger partial charge < -0.3 is 19.4 Å². The van der Waals surface area contributed by atoms with Crippen molar-refractivity contribution in [2.24, 2.45) is 0 Å². The summed E-state index contributed by atoms with van der Waals surface area (Å²) < 4.78 is 12.6. The molecule has 0 bridgehead atoms. The summed E-state index contributed by atoms with van der Waals surface area (Å²) in [6.07, 6.45) is 1.12. The molecule has 3 rings (SSSR count). The molecule has 2 aromatic carbocycles. The quantitative estimate of drug-likeness (QED) is 0.381. The average molecular weight is 444 g/mol. The van der Waals surface area contributed by atoms with Crippen molar-refractivity contribution in [2.45, 2.75) is 39.3 Å². The van der Waals surface area contributed by atoms with E-state index >= 15 is 0 Å². The van der Waals surface area contributed by atoms with E-state index in [4.69, 9.17) is 21.1 Å². The summed E-state index contributed by atoms with van der Waals surface area (Å²) in [6, 6.07) is 14.5. The maximum Gasteiger partial charge on any atom is 0.326 e. The van der Waals surface area contributed by atoms with Crippen LogP contribution in [0.5, 0.6) is 5.75 Å². The number of carbonyl (C=O) groups excluding carboxylic acids is 2. The Hall–Kier alpha value is -3.06. The zero-order valence-electron chi connectivity index (χ0n) is 17.6. The maximum absolute atomic E-state index is 12.2. The molecule has 0 atom stereocenters. The summed E-state index contributed by atoms with van der Waals surface area (Å²) >= 11 is 5.83. The number of hydrogen-bond donors (Lipinski definition) is 1. The van der Waals surface area contributed by atoms with Crippen molar-refractivity contribution in [1.29, 1.82) is 0 Å². The first-order valence-corrected chi connectivity index (χ1v) is 10.6. The van der Waals surface area contributed by atoms with E-state index in [1.165, 1.54) is 0 Å². The van der Waals surface area contributed by atoms with Crippen LogP contribution in [0.3, 0.4) is 0 Å². The highest BCUT2D eigenvalue weighted by Gasteiger charge is 2.15. The molecule has 1 heterocycles. The summed E-state index contributed by atoms with van der Waals surface area (Å²) in [7, 11) is 0. The van der Waals surface area contributed by atoms with Crippen molar-refractivity contribution in [2.75, 3.05) is 13.2 Å². The van der Waals surface area contributed by atoms with E-state index in [0.29, 0.717) is 30.2 Å². The Bertz CT molecular complexity index is 1030. The summed E-state index contributed by atoms with van der Waals surface area (Å²) in [5.41, 5.74) is 1.72. The average Bonchev–Trinajstić information content (AvgIpc) is 3.07. The smallest absolute Gasteiger partial charge is 0.326 e. The Kier molecular flexibility index (Phi) is 7.89. The van der Waals surface area contributed by atoms with Crippen LogP contribution in [-0.2, 0) is 27.3 Å². The van der Waals surface area contributed by atoms with E-state index in [9.17, 15) is 9.59 Å². The summed E-state index contributed by atoms with van der Waals surface area (Å²) in [6.45, 7) is 4.16. The third kappa shape index (κ3) is 6.72. The van der Waals surface area contributed by atoms with Crippen LogP contribution < -0.4 is 10.1 Å². The lowest BCUT2D eigenvalue weighted by Crippen LogP contribution is -2.30. The van der Waals surface area contributed by atoms with E-state index in [1.54, 1.807) is 24.3 Å². The summed E-state index contributed by atoms with van der Waals surface area (Å²) in [5.74, 6) is 0.867. The number of benzene rings is 2. The number of fused-ring (bicyclic) bond motifs is 1. The van der Waals surface area contributed by atoms with E-state index in [1.807, 2.05) is 42.7 Å². The molecule has 0 spiro atoms. The first-order chi connectivity index (χ1) is 14.9. The highest BCUT2D eigenvalue weighted by molar-refractivity contribution is 6.30. The molecule has 0 saturated carbocycles. The number of para-hydroxylation sites is 2. The molecule has 164 valence electrons. The molecule has 8 heteroatoms. The second kappa shape index (κ2) is 10.8. The number of ether oxygens (including phenoxy) is 2. The Morgan fingerprint density at radius 2 is 1.87 bits per heavy atom. The van der Waals surface area contributed by atoms with Crippen LogP contribution in [0.15, 0.2) is 48.5 Å². The van der Waals surface area contributed by atoms with Crippen LogP contribution in [0.2, 0.25) is 5.02 Å². The number of esters is 1. The molecule has 0 aliphatic carbocycles. The highest BCUT2D eigenvalue weighted by atomic mass is 35.5. The molecule has 0 unspecified atom stereocenters. The van der Waals surface area contributed by atoms with Gasteiger partial charge in [0.25, 0.3) is 5.91 Å². The Morgan fingerprint density at radius 3 is 2.61 bits per heavy atom. The monoisotopic (exact) mass is 443 g/mol. The summed E-state index contributed by atoms with van der Waals surface area (Å²) in [4.78, 5) is 28.9. The number of rotatable bonds is 10. The second-order valence-electron chi connectivity index (χ2n) is 7.34. The molecule has 3 aromatic rings. The molecule has 1 N–H and O–H groups in total. The molecule has 0 aliphatic rings. The fraction of sp³-hybridized carbons (Fsp3) is 0.348. The van der Waals surface area contributed by atoms with Crippen molar-refractivity contribution in [3.05, 3.63) is 59.4 Å². The van der Waals surface area contributed by atoms with Crippen LogP contribution in [-0.4, -0.2) is 40.7 Å². The fourth-order valence-corrected chi connectivity index (χ4v) is 3.25. The molecule has 7 nitrogen and oxygen atoms in total. The van der Waals surface area contributed by atoms with Gasteiger partial charge in [-0.1, -0.05) is 23.7 Å². The predicted octanol–water partition coefficient (Wildman–Crippen LogP) is 3.77. The van der Waals surface area contributed by atoms with E-state index in [-0.39, 0.29) is 31.1 Å². The van der Waals surface area contributed by atoms with Gasteiger partial charge in [0.05, 0.1) is 17.1 Å². The largest absolute Gasteiger partial charge is 0.484 e. The Balaban J connectivity index is 1.52. The van der Waals surface area contributed by atoms with Crippen molar-refractivity contribution < 1.29 is 19.1 Å². The lowest BCUT2D eigenvalue weighted by atomic mass is 10.3. The lowest BCUT2D eigenvalue weighted by molar-refractivity contribution is -0.148. The first kappa shape index (κ1) is 22.6. The number of amides is 1. The summed E-state index contributed by atoms with van der Waals surface area (Å²) in [5, 5.41) is 3.45. The zero-order valence-corrected chi connectivity index (χ0v) is 18.4. The van der Waals surface area contributed by atoms with Crippen molar-refractivity contribution >= 4 is 34.5 Å².